The maximum absolute atomic E-state index is 10.8. The van der Waals surface area contributed by atoms with Crippen LogP contribution in [0.1, 0.15) is 24.6 Å². The van der Waals surface area contributed by atoms with Crippen LogP contribution in [0.5, 0.6) is 0 Å². The van der Waals surface area contributed by atoms with Crippen molar-refractivity contribution < 1.29 is 18.1 Å². The van der Waals surface area contributed by atoms with Crippen LogP contribution in [0.15, 0.2) is 73.1 Å². The minimum absolute atomic E-state index is 0.0722. The van der Waals surface area contributed by atoms with Crippen molar-refractivity contribution in [2.75, 3.05) is 12.3 Å². The van der Waals surface area contributed by atoms with Gasteiger partial charge in [-0.3, -0.25) is 13.1 Å². The highest BCUT2D eigenvalue weighted by atomic mass is 32.2. The first-order valence-electron chi connectivity index (χ1n) is 11.5. The zero-order valence-corrected chi connectivity index (χ0v) is 19.9. The van der Waals surface area contributed by atoms with Gasteiger partial charge in [-0.15, -0.1) is 0 Å². The number of aromatic nitrogens is 4. The monoisotopic (exact) mass is 501 g/mol. The van der Waals surface area contributed by atoms with Gasteiger partial charge < -0.3 is 10.8 Å². The van der Waals surface area contributed by atoms with Crippen molar-refractivity contribution in [3.8, 4) is 22.5 Å². The van der Waals surface area contributed by atoms with E-state index in [2.05, 4.69) is 11.1 Å². The highest BCUT2D eigenvalue weighted by Gasteiger charge is 2.46. The molecule has 0 aliphatic heterocycles. The van der Waals surface area contributed by atoms with Gasteiger partial charge in [-0.2, -0.15) is 4.21 Å². The Balaban J connectivity index is 1.40. The van der Waals surface area contributed by atoms with Crippen LogP contribution < -0.4 is 5.73 Å². The number of nitrogens with zero attached hydrogens (tertiary/aromatic N) is 4. The van der Waals surface area contributed by atoms with Crippen molar-refractivity contribution in [1.82, 2.24) is 19.4 Å². The summed E-state index contributed by atoms with van der Waals surface area (Å²) in [5.41, 5.74) is 10.1. The number of hydrogen-bond acceptors (Lipinski definition) is 7. The van der Waals surface area contributed by atoms with Gasteiger partial charge in [-0.1, -0.05) is 48.5 Å². The van der Waals surface area contributed by atoms with Crippen LogP contribution in [-0.2, 0) is 15.5 Å². The van der Waals surface area contributed by atoms with E-state index in [1.165, 1.54) is 0 Å². The van der Waals surface area contributed by atoms with Gasteiger partial charge in [0.25, 0.3) is 0 Å². The highest BCUT2D eigenvalue weighted by molar-refractivity contribution is 7.74. The molecule has 2 aromatic carbocycles. The summed E-state index contributed by atoms with van der Waals surface area (Å²) in [5, 5.41) is 11.6. The summed E-state index contributed by atoms with van der Waals surface area (Å²) in [6, 6.07) is 20.1. The Morgan fingerprint density at radius 3 is 2.64 bits per heavy atom. The lowest BCUT2D eigenvalue weighted by Crippen LogP contribution is -2.47. The van der Waals surface area contributed by atoms with Gasteiger partial charge in [0.2, 0.25) is 0 Å². The molecule has 3 aromatic heterocycles. The summed E-state index contributed by atoms with van der Waals surface area (Å²) in [7, 11) is 0. The molecule has 5 aromatic rings. The number of anilines is 1. The SMILES string of the molecule is Nc1nccn2c(C3CC(O)(COS(=O)O)C3)nc(-c3ccc4ccc(-c5ccccc5)nc4c3)c12. The van der Waals surface area contributed by atoms with Crippen molar-refractivity contribution in [1.29, 1.82) is 0 Å². The molecule has 9 nitrogen and oxygen atoms in total. The van der Waals surface area contributed by atoms with Gasteiger partial charge in [-0.25, -0.2) is 15.0 Å². The van der Waals surface area contributed by atoms with Crippen molar-refractivity contribution >= 4 is 33.6 Å². The predicted molar refractivity (Wildman–Crippen MR) is 137 cm³/mol. The number of aliphatic hydroxyl groups is 1. The van der Waals surface area contributed by atoms with Crippen LogP contribution in [0.4, 0.5) is 5.82 Å². The fourth-order valence-corrected chi connectivity index (χ4v) is 5.25. The molecule has 0 spiro atoms. The Labute approximate surface area is 209 Å². The van der Waals surface area contributed by atoms with Gasteiger partial charge >= 0.3 is 11.4 Å². The topological polar surface area (TPSA) is 136 Å². The van der Waals surface area contributed by atoms with Gasteiger partial charge in [0.1, 0.15) is 22.9 Å². The van der Waals surface area contributed by atoms with E-state index in [1.807, 2.05) is 59.0 Å². The minimum Gasteiger partial charge on any atom is -0.387 e. The molecular weight excluding hydrogens is 478 g/mol. The number of hydrogen-bond donors (Lipinski definition) is 3. The van der Waals surface area contributed by atoms with Crippen LogP contribution in [0.3, 0.4) is 0 Å². The maximum Gasteiger partial charge on any atom is 0.301 e. The molecule has 3 heterocycles. The first kappa shape index (κ1) is 22.7. The summed E-state index contributed by atoms with van der Waals surface area (Å²) < 4.78 is 26.3. The molecule has 1 aliphatic carbocycles. The fourth-order valence-electron chi connectivity index (χ4n) is 4.93. The third-order valence-corrected chi connectivity index (χ3v) is 7.01. The zero-order valence-electron chi connectivity index (χ0n) is 19.1. The average molecular weight is 502 g/mol. The Kier molecular flexibility index (Phi) is 5.53. The Morgan fingerprint density at radius 2 is 1.86 bits per heavy atom. The number of imidazole rings is 1. The van der Waals surface area contributed by atoms with Crippen molar-refractivity contribution in [3.05, 3.63) is 78.9 Å². The van der Waals surface area contributed by atoms with E-state index < -0.39 is 17.0 Å². The molecule has 10 heteroatoms. The molecular formula is C26H23N5O4S. The third-order valence-electron chi connectivity index (χ3n) is 6.69. The van der Waals surface area contributed by atoms with Gasteiger partial charge in [0.15, 0.2) is 0 Å². The van der Waals surface area contributed by atoms with E-state index in [-0.39, 0.29) is 12.5 Å². The van der Waals surface area contributed by atoms with E-state index in [1.54, 1.807) is 12.4 Å². The lowest BCUT2D eigenvalue weighted by Gasteiger charge is -2.42. The van der Waals surface area contributed by atoms with Crippen LogP contribution in [0.2, 0.25) is 0 Å². The zero-order chi connectivity index (χ0) is 24.9. The molecule has 1 fully saturated rings. The normalized spacial score (nSPS) is 20.4. The molecule has 0 radical (unpaired) electrons. The quantitative estimate of drug-likeness (QED) is 0.298. The number of pyridine rings is 1. The van der Waals surface area contributed by atoms with Crippen molar-refractivity contribution in [2.45, 2.75) is 24.4 Å². The summed E-state index contributed by atoms with van der Waals surface area (Å²) >= 11 is -2.42. The molecule has 0 amide bonds. The second-order valence-corrected chi connectivity index (χ2v) is 9.80. The maximum atomic E-state index is 10.8. The number of fused-ring (bicyclic) bond motifs is 2. The lowest BCUT2D eigenvalue weighted by molar-refractivity contribution is -0.0803. The molecule has 4 N–H and O–H groups in total. The van der Waals surface area contributed by atoms with E-state index in [4.69, 9.17) is 24.4 Å². The van der Waals surface area contributed by atoms with E-state index >= 15 is 0 Å². The van der Waals surface area contributed by atoms with Crippen LogP contribution in [-0.4, -0.2) is 45.4 Å². The average Bonchev–Trinajstić information content (AvgIpc) is 3.26. The molecule has 0 saturated heterocycles. The lowest BCUT2D eigenvalue weighted by atomic mass is 9.71. The van der Waals surface area contributed by atoms with E-state index in [0.29, 0.717) is 29.9 Å². The van der Waals surface area contributed by atoms with Crippen LogP contribution in [0, 0.1) is 0 Å². The second-order valence-electron chi connectivity index (χ2n) is 9.13. The van der Waals surface area contributed by atoms with Crippen LogP contribution >= 0.6 is 0 Å². The van der Waals surface area contributed by atoms with Gasteiger partial charge in [-0.05, 0) is 25.0 Å². The first-order chi connectivity index (χ1) is 17.4. The number of nitrogens with two attached hydrogens (primary N) is 1. The molecule has 0 bridgehead atoms. The molecule has 6 rings (SSSR count). The minimum atomic E-state index is -2.42. The summed E-state index contributed by atoms with van der Waals surface area (Å²) in [4.78, 5) is 14.1. The summed E-state index contributed by atoms with van der Waals surface area (Å²) in [5.74, 6) is 1.03. The van der Waals surface area contributed by atoms with Gasteiger partial charge in [0.05, 0.1) is 23.4 Å². The van der Waals surface area contributed by atoms with Gasteiger partial charge in [0, 0.05) is 34.8 Å². The molecule has 1 aliphatic rings. The summed E-state index contributed by atoms with van der Waals surface area (Å²) in [6.07, 6.45) is 4.13. The Hall–Kier alpha value is -3.70. The number of nitrogen functional groups attached to an aromatic ring is 1. The first-order valence-corrected chi connectivity index (χ1v) is 12.5. The second kappa shape index (κ2) is 8.75. The third kappa shape index (κ3) is 4.03. The van der Waals surface area contributed by atoms with E-state index in [0.717, 1.165) is 33.5 Å². The van der Waals surface area contributed by atoms with E-state index in [9.17, 15) is 9.32 Å². The number of benzene rings is 2. The largest absolute Gasteiger partial charge is 0.387 e. The Bertz CT molecular complexity index is 1620. The van der Waals surface area contributed by atoms with Crippen LogP contribution in [0.25, 0.3) is 38.9 Å². The molecule has 36 heavy (non-hydrogen) atoms. The predicted octanol–water partition coefficient (Wildman–Crippen LogP) is 3.96. The molecule has 182 valence electrons. The molecule has 1 saturated carbocycles. The number of rotatable bonds is 6. The standard InChI is InChI=1S/C26H23N5O4S/c27-24-23-22(18-7-6-17-8-9-20(29-21(17)12-18)16-4-2-1-3-5-16)30-25(31(23)11-10-28-24)19-13-26(32,14-19)15-35-36(33)34/h1-12,19,32H,13-15H2,(H2,27,28)(H,33,34). The summed E-state index contributed by atoms with van der Waals surface area (Å²) in [6.45, 7) is -0.216. The van der Waals surface area contributed by atoms with Crippen molar-refractivity contribution in [2.24, 2.45) is 0 Å². The molecule has 1 unspecified atom stereocenters. The fraction of sp³-hybridized carbons (Fsp3) is 0.192. The highest BCUT2D eigenvalue weighted by Crippen LogP contribution is 2.46. The Morgan fingerprint density at radius 1 is 1.08 bits per heavy atom. The van der Waals surface area contributed by atoms with Crippen molar-refractivity contribution in [3.63, 3.8) is 0 Å². The molecule has 1 atom stereocenters. The smallest absolute Gasteiger partial charge is 0.301 e.